The van der Waals surface area contributed by atoms with Crippen LogP contribution in [0.15, 0.2) is 36.4 Å². The van der Waals surface area contributed by atoms with Crippen molar-refractivity contribution < 1.29 is 72.5 Å². The Balaban J connectivity index is 3.28. The number of hydrogen-bond acceptors (Lipinski definition) is 2. The van der Waals surface area contributed by atoms with Gasteiger partial charge in [-0.25, -0.2) is 9.59 Å². The van der Waals surface area contributed by atoms with Crippen LogP contribution in [-0.2, 0) is 17.8 Å². The number of carboxylic acids is 2. The fourth-order valence-corrected chi connectivity index (χ4v) is 3.39. The van der Waals surface area contributed by atoms with Gasteiger partial charge in [-0.1, -0.05) is 12.1 Å². The highest BCUT2D eigenvalue weighted by Crippen LogP contribution is 2.60. The fraction of sp³-hybridized carbons (Fsp3) is 0.263. The maximum absolute atomic E-state index is 14.2. The lowest BCUT2D eigenvalue weighted by atomic mass is 9.69. The molecule has 0 amide bonds. The van der Waals surface area contributed by atoms with Gasteiger partial charge in [0.15, 0.2) is 0 Å². The third kappa shape index (κ3) is 4.73. The summed E-state index contributed by atoms with van der Waals surface area (Å²) >= 11 is 0. The SMILES string of the molecule is O=C(O)c1ccc(C(c2ccc(C(=O)O)cc2C(F)(F)F)(C(F)(F)F)C(F)(F)F)c(C(F)(F)F)c1. The second-order valence-electron chi connectivity index (χ2n) is 6.87. The van der Waals surface area contributed by atoms with Gasteiger partial charge >= 0.3 is 36.6 Å². The quantitative estimate of drug-likeness (QED) is 0.443. The zero-order valence-corrected chi connectivity index (χ0v) is 16.2. The molecule has 0 fully saturated rings. The molecule has 0 radical (unpaired) electrons. The van der Waals surface area contributed by atoms with E-state index in [0.717, 1.165) is 0 Å². The van der Waals surface area contributed by atoms with Crippen LogP contribution in [0.25, 0.3) is 0 Å². The van der Waals surface area contributed by atoms with Gasteiger partial charge in [0.05, 0.1) is 22.3 Å². The summed E-state index contributed by atoms with van der Waals surface area (Å²) < 4.78 is 167. The highest BCUT2D eigenvalue weighted by atomic mass is 19.4. The van der Waals surface area contributed by atoms with E-state index in [9.17, 15) is 62.3 Å². The first-order chi connectivity index (χ1) is 15.6. The van der Waals surface area contributed by atoms with Gasteiger partial charge in [-0.15, -0.1) is 0 Å². The highest BCUT2D eigenvalue weighted by molar-refractivity contribution is 5.89. The van der Waals surface area contributed by atoms with Crippen molar-refractivity contribution in [2.45, 2.75) is 30.1 Å². The van der Waals surface area contributed by atoms with E-state index >= 15 is 0 Å². The first-order valence-corrected chi connectivity index (χ1v) is 8.60. The molecule has 0 unspecified atom stereocenters. The van der Waals surface area contributed by atoms with Crippen LogP contribution < -0.4 is 0 Å². The summed E-state index contributed by atoms with van der Waals surface area (Å²) in [6.45, 7) is 0. The van der Waals surface area contributed by atoms with Gasteiger partial charge in [-0.05, 0) is 35.4 Å². The molecular formula is C19H8F12O4. The summed E-state index contributed by atoms with van der Waals surface area (Å²) in [7, 11) is 0. The largest absolute Gasteiger partial charge is 0.478 e. The van der Waals surface area contributed by atoms with Gasteiger partial charge in [-0.2, -0.15) is 52.7 Å². The standard InChI is InChI=1S/C19H8F12O4/c20-16(21,22)11-5-7(13(32)33)1-3-9(11)15(18(26,27)28,19(29,30)31)10-4-2-8(14(34)35)6-12(10)17(23,24)25/h1-6H,(H,32,33)(H,34,35). The molecule has 0 bridgehead atoms. The minimum absolute atomic E-state index is 0.0714. The van der Waals surface area contributed by atoms with Crippen LogP contribution in [-0.4, -0.2) is 34.5 Å². The number of halogens is 12. The molecule has 0 atom stereocenters. The van der Waals surface area contributed by atoms with E-state index in [0.29, 0.717) is 0 Å². The molecule has 16 heteroatoms. The molecule has 35 heavy (non-hydrogen) atoms. The van der Waals surface area contributed by atoms with Gasteiger partial charge in [0.1, 0.15) is 0 Å². The molecule has 4 nitrogen and oxygen atoms in total. The van der Waals surface area contributed by atoms with Crippen molar-refractivity contribution in [2.75, 3.05) is 0 Å². The molecule has 192 valence electrons. The van der Waals surface area contributed by atoms with Crippen molar-refractivity contribution in [3.05, 3.63) is 69.8 Å². The minimum atomic E-state index is -6.93. The van der Waals surface area contributed by atoms with Crippen LogP contribution in [0.5, 0.6) is 0 Å². The van der Waals surface area contributed by atoms with E-state index in [1.54, 1.807) is 0 Å². The van der Waals surface area contributed by atoms with Crippen LogP contribution in [0.1, 0.15) is 43.0 Å². The predicted octanol–water partition coefficient (Wildman–Crippen LogP) is 6.53. The van der Waals surface area contributed by atoms with Crippen molar-refractivity contribution in [3.8, 4) is 0 Å². The number of rotatable bonds is 4. The van der Waals surface area contributed by atoms with E-state index in [-0.39, 0.29) is 12.1 Å². The Morgan fingerprint density at radius 1 is 0.514 bits per heavy atom. The van der Waals surface area contributed by atoms with Crippen molar-refractivity contribution >= 4 is 11.9 Å². The molecular weight excluding hydrogens is 520 g/mol. The Labute approximate surface area is 185 Å². The Morgan fingerprint density at radius 3 is 1.00 bits per heavy atom. The molecule has 0 saturated heterocycles. The Kier molecular flexibility index (Phi) is 6.62. The van der Waals surface area contributed by atoms with E-state index in [4.69, 9.17) is 10.2 Å². The first kappa shape index (κ1) is 27.8. The molecule has 0 heterocycles. The zero-order chi connectivity index (χ0) is 27.4. The monoisotopic (exact) mass is 528 g/mol. The molecule has 0 aliphatic carbocycles. The summed E-state index contributed by atoms with van der Waals surface area (Å²) in [5.74, 6) is -4.37. The molecule has 0 aliphatic heterocycles. The van der Waals surface area contributed by atoms with Crippen LogP contribution in [0, 0.1) is 0 Å². The summed E-state index contributed by atoms with van der Waals surface area (Å²) in [6.07, 6.45) is -26.1. The first-order valence-electron chi connectivity index (χ1n) is 8.60. The van der Waals surface area contributed by atoms with Gasteiger partial charge in [0, 0.05) is 0 Å². The second kappa shape index (κ2) is 8.34. The van der Waals surface area contributed by atoms with E-state index in [2.05, 4.69) is 0 Å². The van der Waals surface area contributed by atoms with Crippen LogP contribution >= 0.6 is 0 Å². The Morgan fingerprint density at radius 2 is 0.800 bits per heavy atom. The average Bonchev–Trinajstić information content (AvgIpc) is 2.64. The lowest BCUT2D eigenvalue weighted by Crippen LogP contribution is -2.56. The normalized spacial score (nSPS) is 13.6. The number of carboxylic acid groups (broad SMARTS) is 2. The van der Waals surface area contributed by atoms with E-state index in [1.165, 1.54) is 0 Å². The van der Waals surface area contributed by atoms with Crippen molar-refractivity contribution in [2.24, 2.45) is 0 Å². The number of alkyl halides is 12. The number of carbonyl (C=O) groups is 2. The maximum atomic E-state index is 14.2. The second-order valence-corrected chi connectivity index (χ2v) is 6.87. The van der Waals surface area contributed by atoms with E-state index < -0.39 is 99.7 Å². The van der Waals surface area contributed by atoms with Crippen molar-refractivity contribution in [1.29, 1.82) is 0 Å². The molecule has 2 aromatic rings. The summed E-state index contributed by atoms with van der Waals surface area (Å²) in [6, 6.07) is -2.36. The van der Waals surface area contributed by atoms with Crippen LogP contribution in [0.4, 0.5) is 52.7 Å². The molecule has 0 saturated carbocycles. The van der Waals surface area contributed by atoms with Crippen LogP contribution in [0.3, 0.4) is 0 Å². The Hall–Kier alpha value is -3.46. The van der Waals surface area contributed by atoms with Crippen molar-refractivity contribution in [1.82, 2.24) is 0 Å². The zero-order valence-electron chi connectivity index (χ0n) is 16.2. The average molecular weight is 528 g/mol. The van der Waals surface area contributed by atoms with Gasteiger partial charge < -0.3 is 10.2 Å². The molecule has 2 aromatic carbocycles. The summed E-state index contributed by atoms with van der Waals surface area (Å²) in [5, 5.41) is 17.6. The fourth-order valence-electron chi connectivity index (χ4n) is 3.39. The third-order valence-electron chi connectivity index (χ3n) is 4.80. The lowest BCUT2D eigenvalue weighted by Gasteiger charge is -2.40. The molecule has 2 rings (SSSR count). The Bertz CT molecular complexity index is 1060. The maximum Gasteiger partial charge on any atom is 0.416 e. The van der Waals surface area contributed by atoms with Gasteiger partial charge in [0.25, 0.3) is 0 Å². The van der Waals surface area contributed by atoms with Gasteiger partial charge in [0.2, 0.25) is 5.41 Å². The molecule has 0 aliphatic rings. The van der Waals surface area contributed by atoms with Crippen LogP contribution in [0.2, 0.25) is 0 Å². The van der Waals surface area contributed by atoms with Gasteiger partial charge in [-0.3, -0.25) is 0 Å². The van der Waals surface area contributed by atoms with Crippen molar-refractivity contribution in [3.63, 3.8) is 0 Å². The molecule has 0 spiro atoms. The third-order valence-corrected chi connectivity index (χ3v) is 4.80. The molecule has 2 N–H and O–H groups in total. The molecule has 0 aromatic heterocycles. The smallest absolute Gasteiger partial charge is 0.416 e. The predicted molar refractivity (Wildman–Crippen MR) is 89.7 cm³/mol. The number of benzene rings is 2. The number of aromatic carboxylic acids is 2. The summed E-state index contributed by atoms with van der Waals surface area (Å²) in [4.78, 5) is 22.0. The van der Waals surface area contributed by atoms with E-state index in [1.807, 2.05) is 0 Å². The summed E-state index contributed by atoms with van der Waals surface area (Å²) in [5.41, 5.74) is -20.0. The lowest BCUT2D eigenvalue weighted by molar-refractivity contribution is -0.290. The topological polar surface area (TPSA) is 74.6 Å². The number of hydrogen-bond donors (Lipinski definition) is 2. The highest BCUT2D eigenvalue weighted by Gasteiger charge is 2.75. The minimum Gasteiger partial charge on any atom is -0.478 e.